The van der Waals surface area contributed by atoms with Gasteiger partial charge in [-0.1, -0.05) is 36.4 Å². The van der Waals surface area contributed by atoms with Gasteiger partial charge in [-0.25, -0.2) is 0 Å². The summed E-state index contributed by atoms with van der Waals surface area (Å²) >= 11 is 0. The Morgan fingerprint density at radius 2 is 1.19 bits per heavy atom. The summed E-state index contributed by atoms with van der Waals surface area (Å²) in [6.07, 6.45) is 0. The van der Waals surface area contributed by atoms with Crippen LogP contribution in [0.2, 0.25) is 0 Å². The minimum Gasteiger partial charge on any atom is -0.508 e. The fraction of sp³-hybridized carbons (Fsp3) is 0.200. The number of phenols is 1. The van der Waals surface area contributed by atoms with Crippen LogP contribution >= 0.6 is 0 Å². The maximum Gasteiger partial charge on any atom is 0.115 e. The average Bonchev–Trinajstić information content (AvgIpc) is 2.28. The molecule has 0 aliphatic carbocycles. The van der Waals surface area contributed by atoms with Crippen molar-refractivity contribution >= 4 is 0 Å². The summed E-state index contributed by atoms with van der Waals surface area (Å²) in [6, 6.07) is 15.1. The molecule has 0 amide bonds. The predicted octanol–water partition coefficient (Wildman–Crippen LogP) is 4.00. The van der Waals surface area contributed by atoms with E-state index in [1.165, 1.54) is 16.7 Å². The lowest BCUT2D eigenvalue weighted by Gasteiger charge is -2.00. The summed E-state index contributed by atoms with van der Waals surface area (Å²) < 4.78 is 0. The molecule has 0 aromatic heterocycles. The zero-order valence-corrected chi connectivity index (χ0v) is 10.1. The quantitative estimate of drug-likeness (QED) is 0.702. The molecule has 0 unspecified atom stereocenters. The Bertz CT molecular complexity index is 412. The van der Waals surface area contributed by atoms with E-state index in [9.17, 15) is 0 Å². The molecule has 0 aliphatic rings. The number of aryl methyl sites for hydroxylation is 2. The van der Waals surface area contributed by atoms with Gasteiger partial charge in [-0.3, -0.25) is 0 Å². The fourth-order valence-corrected chi connectivity index (χ4v) is 1.33. The lowest BCUT2D eigenvalue weighted by Crippen LogP contribution is -1.82. The Labute approximate surface area is 97.4 Å². The van der Waals surface area contributed by atoms with Crippen LogP contribution in [0, 0.1) is 20.8 Å². The van der Waals surface area contributed by atoms with E-state index < -0.39 is 0 Å². The highest BCUT2D eigenvalue weighted by molar-refractivity contribution is 5.31. The van der Waals surface area contributed by atoms with Gasteiger partial charge in [0, 0.05) is 0 Å². The van der Waals surface area contributed by atoms with Crippen molar-refractivity contribution in [2.24, 2.45) is 0 Å². The van der Waals surface area contributed by atoms with Gasteiger partial charge in [0.05, 0.1) is 0 Å². The van der Waals surface area contributed by atoms with Gasteiger partial charge in [0.1, 0.15) is 5.75 Å². The second kappa shape index (κ2) is 5.96. The summed E-state index contributed by atoms with van der Waals surface area (Å²) in [4.78, 5) is 0. The molecule has 0 bridgehead atoms. The van der Waals surface area contributed by atoms with Crippen LogP contribution in [0.3, 0.4) is 0 Å². The largest absolute Gasteiger partial charge is 0.508 e. The number of hydrogen-bond acceptors (Lipinski definition) is 1. The molecule has 0 spiro atoms. The summed E-state index contributed by atoms with van der Waals surface area (Å²) in [5.74, 6) is 0.322. The summed E-state index contributed by atoms with van der Waals surface area (Å²) in [6.45, 7) is 6.44. The van der Waals surface area contributed by atoms with Crippen molar-refractivity contribution in [1.29, 1.82) is 0 Å². The highest BCUT2D eigenvalue weighted by Gasteiger charge is 1.91. The van der Waals surface area contributed by atoms with Crippen LogP contribution in [-0.2, 0) is 0 Å². The van der Waals surface area contributed by atoms with Crippen molar-refractivity contribution in [3.8, 4) is 5.75 Å². The third-order valence-electron chi connectivity index (χ3n) is 2.63. The Kier molecular flexibility index (Phi) is 4.59. The van der Waals surface area contributed by atoms with Gasteiger partial charge in [-0.05, 0) is 49.6 Å². The Balaban J connectivity index is 0.000000165. The van der Waals surface area contributed by atoms with E-state index in [4.69, 9.17) is 5.11 Å². The van der Waals surface area contributed by atoms with E-state index in [1.54, 1.807) is 24.3 Å². The van der Waals surface area contributed by atoms with Crippen LogP contribution in [0.25, 0.3) is 0 Å². The van der Waals surface area contributed by atoms with Crippen molar-refractivity contribution < 1.29 is 5.11 Å². The molecule has 1 heteroatoms. The van der Waals surface area contributed by atoms with E-state index >= 15 is 0 Å². The maximum absolute atomic E-state index is 8.63. The number of aromatic hydroxyl groups is 1. The van der Waals surface area contributed by atoms with Crippen LogP contribution < -0.4 is 0 Å². The van der Waals surface area contributed by atoms with Gasteiger partial charge in [0.2, 0.25) is 0 Å². The van der Waals surface area contributed by atoms with Crippen molar-refractivity contribution in [3.63, 3.8) is 0 Å². The van der Waals surface area contributed by atoms with Crippen molar-refractivity contribution in [2.45, 2.75) is 20.8 Å². The molecule has 2 aromatic carbocycles. The van der Waals surface area contributed by atoms with Crippen LogP contribution in [-0.4, -0.2) is 5.11 Å². The Morgan fingerprint density at radius 1 is 0.688 bits per heavy atom. The number of para-hydroxylation sites is 1. The van der Waals surface area contributed by atoms with Crippen molar-refractivity contribution in [3.05, 3.63) is 65.2 Å². The molecule has 2 aromatic rings. The first-order valence-electron chi connectivity index (χ1n) is 5.38. The zero-order valence-electron chi connectivity index (χ0n) is 10.1. The standard InChI is InChI=1S/C9H12.C6H6O/c1-7-5-4-6-8(2)9(7)3;7-6-4-2-1-3-5-6/h4-6H,1-3H3;1-5,7H. The summed E-state index contributed by atoms with van der Waals surface area (Å²) in [5, 5.41) is 8.63. The molecule has 0 saturated carbocycles. The van der Waals surface area contributed by atoms with Crippen LogP contribution in [0.4, 0.5) is 0 Å². The molecule has 84 valence electrons. The highest BCUT2D eigenvalue weighted by atomic mass is 16.3. The van der Waals surface area contributed by atoms with E-state index in [0.717, 1.165) is 0 Å². The van der Waals surface area contributed by atoms with Gasteiger partial charge in [0.15, 0.2) is 0 Å². The Morgan fingerprint density at radius 3 is 1.50 bits per heavy atom. The van der Waals surface area contributed by atoms with Gasteiger partial charge >= 0.3 is 0 Å². The van der Waals surface area contributed by atoms with Gasteiger partial charge in [0.25, 0.3) is 0 Å². The normalized spacial score (nSPS) is 9.19. The third kappa shape index (κ3) is 3.77. The molecular formula is C15H18O. The SMILES string of the molecule is Cc1cccc(C)c1C.Oc1ccccc1. The molecule has 0 heterocycles. The predicted molar refractivity (Wildman–Crippen MR) is 68.8 cm³/mol. The molecule has 0 saturated heterocycles. The van der Waals surface area contributed by atoms with E-state index in [0.29, 0.717) is 5.75 Å². The number of benzene rings is 2. The smallest absolute Gasteiger partial charge is 0.115 e. The first-order chi connectivity index (χ1) is 7.61. The highest BCUT2D eigenvalue weighted by Crippen LogP contribution is 2.09. The first-order valence-corrected chi connectivity index (χ1v) is 5.38. The second-order valence-electron chi connectivity index (χ2n) is 3.85. The third-order valence-corrected chi connectivity index (χ3v) is 2.63. The molecule has 2 rings (SSSR count). The van der Waals surface area contributed by atoms with E-state index in [2.05, 4.69) is 39.0 Å². The van der Waals surface area contributed by atoms with E-state index in [1.807, 2.05) is 6.07 Å². The molecule has 0 aliphatic heterocycles. The molecule has 1 nitrogen and oxygen atoms in total. The van der Waals surface area contributed by atoms with Crippen LogP contribution in [0.5, 0.6) is 5.75 Å². The van der Waals surface area contributed by atoms with E-state index in [-0.39, 0.29) is 0 Å². The number of rotatable bonds is 0. The summed E-state index contributed by atoms with van der Waals surface area (Å²) in [7, 11) is 0. The van der Waals surface area contributed by atoms with Gasteiger partial charge < -0.3 is 5.11 Å². The molecule has 0 radical (unpaired) electrons. The van der Waals surface area contributed by atoms with Crippen LogP contribution in [0.1, 0.15) is 16.7 Å². The maximum atomic E-state index is 8.63. The van der Waals surface area contributed by atoms with Gasteiger partial charge in [-0.2, -0.15) is 0 Å². The van der Waals surface area contributed by atoms with Crippen LogP contribution in [0.15, 0.2) is 48.5 Å². The summed E-state index contributed by atoms with van der Waals surface area (Å²) in [5.41, 5.74) is 4.18. The van der Waals surface area contributed by atoms with Gasteiger partial charge in [-0.15, -0.1) is 0 Å². The molecule has 1 N–H and O–H groups in total. The minimum atomic E-state index is 0.322. The molecule has 16 heavy (non-hydrogen) atoms. The van der Waals surface area contributed by atoms with Crippen molar-refractivity contribution in [2.75, 3.05) is 0 Å². The second-order valence-corrected chi connectivity index (χ2v) is 3.85. The average molecular weight is 214 g/mol. The van der Waals surface area contributed by atoms with Crippen molar-refractivity contribution in [1.82, 2.24) is 0 Å². The topological polar surface area (TPSA) is 20.2 Å². The zero-order chi connectivity index (χ0) is 12.0. The first kappa shape index (κ1) is 12.3. The number of phenolic OH excluding ortho intramolecular Hbond substituents is 1. The Hall–Kier alpha value is -1.76. The monoisotopic (exact) mass is 214 g/mol. The number of hydrogen-bond donors (Lipinski definition) is 1. The fourth-order valence-electron chi connectivity index (χ4n) is 1.33. The lowest BCUT2D eigenvalue weighted by atomic mass is 10.1. The molecule has 0 fully saturated rings. The minimum absolute atomic E-state index is 0.322. The lowest BCUT2D eigenvalue weighted by molar-refractivity contribution is 0.475. The molecular weight excluding hydrogens is 196 g/mol. The molecule has 0 atom stereocenters.